The molecule has 2 aromatic carbocycles. The Morgan fingerprint density at radius 3 is 2.50 bits per heavy atom. The molecule has 2 aliphatic heterocycles. The van der Waals surface area contributed by atoms with Crippen molar-refractivity contribution in [1.82, 2.24) is 10.2 Å². The maximum Gasteiger partial charge on any atom is 0.326 e. The zero-order chi connectivity index (χ0) is 24.2. The van der Waals surface area contributed by atoms with Gasteiger partial charge < -0.3 is 15.3 Å². The molecule has 1 fully saturated rings. The first-order valence-electron chi connectivity index (χ1n) is 11.5. The third-order valence-corrected chi connectivity index (χ3v) is 7.48. The highest BCUT2D eigenvalue weighted by molar-refractivity contribution is 8.14. The van der Waals surface area contributed by atoms with Crippen molar-refractivity contribution in [2.24, 2.45) is 0 Å². The number of carbonyl (C=O) groups is 4. The lowest BCUT2D eigenvalue weighted by Gasteiger charge is -2.40. The third kappa shape index (κ3) is 5.17. The Morgan fingerprint density at radius 2 is 1.79 bits per heavy atom. The van der Waals surface area contributed by atoms with Crippen molar-refractivity contribution in [2.45, 2.75) is 62.4 Å². The first-order valence-corrected chi connectivity index (χ1v) is 12.4. The molecule has 2 unspecified atom stereocenters. The number of amides is 2. The van der Waals surface area contributed by atoms with E-state index < -0.39 is 29.2 Å². The molecule has 0 saturated carbocycles. The number of carboxylic acid groups (broad SMARTS) is 1. The van der Waals surface area contributed by atoms with Gasteiger partial charge in [0.05, 0.1) is 11.3 Å². The average molecular weight is 481 g/mol. The molecule has 7 nitrogen and oxygen atoms in total. The number of aliphatic carboxylic acids is 1. The molecule has 34 heavy (non-hydrogen) atoms. The molecule has 2 heterocycles. The number of fused-ring (bicyclic) bond motifs is 3. The molecule has 178 valence electrons. The van der Waals surface area contributed by atoms with Crippen LogP contribution in [0.4, 0.5) is 0 Å². The second-order valence-electron chi connectivity index (χ2n) is 8.80. The molecule has 2 N–H and O–H groups in total. The van der Waals surface area contributed by atoms with Gasteiger partial charge in [-0.3, -0.25) is 14.4 Å². The van der Waals surface area contributed by atoms with Gasteiger partial charge in [0.1, 0.15) is 12.1 Å². The summed E-state index contributed by atoms with van der Waals surface area (Å²) >= 11 is 0.941. The minimum absolute atomic E-state index is 0.185. The molecule has 2 aliphatic rings. The number of carbonyl (C=O) groups excluding carboxylic acids is 3. The van der Waals surface area contributed by atoms with Crippen molar-refractivity contribution in [3.63, 3.8) is 0 Å². The second kappa shape index (κ2) is 10.4. The van der Waals surface area contributed by atoms with Crippen LogP contribution in [-0.4, -0.2) is 50.2 Å². The summed E-state index contributed by atoms with van der Waals surface area (Å²) in [6.07, 6.45) is 2.41. The lowest BCUT2D eigenvalue weighted by Crippen LogP contribution is -2.56. The number of rotatable bonds is 6. The number of thioether (sulfide) groups is 1. The predicted octanol–water partition coefficient (Wildman–Crippen LogP) is 3.13. The summed E-state index contributed by atoms with van der Waals surface area (Å²) in [5.74, 6) is -1.81. The number of nitrogens with zero attached hydrogens (tertiary/aromatic N) is 1. The zero-order valence-corrected chi connectivity index (χ0v) is 19.8. The van der Waals surface area contributed by atoms with Gasteiger partial charge in [-0.25, -0.2) is 4.79 Å². The molecule has 4 atom stereocenters. The van der Waals surface area contributed by atoms with E-state index in [2.05, 4.69) is 5.32 Å². The van der Waals surface area contributed by atoms with E-state index in [1.807, 2.05) is 54.6 Å². The summed E-state index contributed by atoms with van der Waals surface area (Å²) < 4.78 is 0. The summed E-state index contributed by atoms with van der Waals surface area (Å²) in [6, 6.07) is 14.9. The lowest BCUT2D eigenvalue weighted by atomic mass is 9.89. The van der Waals surface area contributed by atoms with Gasteiger partial charge >= 0.3 is 5.97 Å². The zero-order valence-electron chi connectivity index (χ0n) is 19.0. The van der Waals surface area contributed by atoms with Gasteiger partial charge in [0.25, 0.3) is 0 Å². The van der Waals surface area contributed by atoms with Crippen LogP contribution in [0, 0.1) is 0 Å². The number of nitrogens with one attached hydrogen (secondary N) is 1. The van der Waals surface area contributed by atoms with Crippen molar-refractivity contribution in [3.05, 3.63) is 71.3 Å². The molecule has 2 aromatic rings. The standard InChI is InChI=1S/C26H28N2O5S/c1-16(29)34-23(14-17-8-3-2-4-9-17)24(30)27-20-15-18-10-5-6-11-19(18)21-12-7-13-22(26(32)33)28(21)25(20)31/h2-6,8-11,20-23H,7,12-15H2,1H3,(H,27,30)(H,32,33)/t20?,21-,22?,23-/m0/s1. The Morgan fingerprint density at radius 1 is 1.09 bits per heavy atom. The molecule has 0 aliphatic carbocycles. The topological polar surface area (TPSA) is 104 Å². The number of piperidine rings is 1. The van der Waals surface area contributed by atoms with Crippen LogP contribution in [-0.2, 0) is 32.0 Å². The van der Waals surface area contributed by atoms with Gasteiger partial charge in [-0.05, 0) is 42.4 Å². The predicted molar refractivity (Wildman–Crippen MR) is 129 cm³/mol. The largest absolute Gasteiger partial charge is 0.480 e. The molecule has 2 amide bonds. The van der Waals surface area contributed by atoms with Crippen molar-refractivity contribution in [1.29, 1.82) is 0 Å². The Labute approximate surface area is 202 Å². The van der Waals surface area contributed by atoms with Crippen LogP contribution < -0.4 is 5.32 Å². The third-order valence-electron chi connectivity index (χ3n) is 6.48. The van der Waals surface area contributed by atoms with E-state index in [1.54, 1.807) is 0 Å². The van der Waals surface area contributed by atoms with Crippen LogP contribution in [0.2, 0.25) is 0 Å². The normalized spacial score (nSPS) is 22.7. The van der Waals surface area contributed by atoms with Gasteiger partial charge in [-0.2, -0.15) is 0 Å². The second-order valence-corrected chi connectivity index (χ2v) is 10.2. The summed E-state index contributed by atoms with van der Waals surface area (Å²) in [5, 5.41) is 11.8. The maximum atomic E-state index is 13.7. The van der Waals surface area contributed by atoms with E-state index in [0.29, 0.717) is 25.7 Å². The smallest absolute Gasteiger partial charge is 0.326 e. The molecular formula is C26H28N2O5S. The van der Waals surface area contributed by atoms with Gasteiger partial charge in [0.2, 0.25) is 11.8 Å². The number of hydrogen-bond donors (Lipinski definition) is 2. The van der Waals surface area contributed by atoms with E-state index in [-0.39, 0.29) is 23.5 Å². The van der Waals surface area contributed by atoms with E-state index in [0.717, 1.165) is 28.5 Å². The van der Waals surface area contributed by atoms with Gasteiger partial charge in [-0.15, -0.1) is 0 Å². The van der Waals surface area contributed by atoms with Crippen LogP contribution in [0.1, 0.15) is 48.9 Å². The minimum atomic E-state index is -1.03. The van der Waals surface area contributed by atoms with Gasteiger partial charge in [0, 0.05) is 13.3 Å². The van der Waals surface area contributed by atoms with Crippen molar-refractivity contribution < 1.29 is 24.3 Å². The Balaban J connectivity index is 1.63. The fourth-order valence-corrected chi connectivity index (χ4v) is 5.83. The fourth-order valence-electron chi connectivity index (χ4n) is 4.98. The lowest BCUT2D eigenvalue weighted by molar-refractivity contribution is -0.156. The highest BCUT2D eigenvalue weighted by Crippen LogP contribution is 2.39. The highest BCUT2D eigenvalue weighted by Gasteiger charge is 2.44. The molecule has 8 heteroatoms. The van der Waals surface area contributed by atoms with Crippen LogP contribution in [0.5, 0.6) is 0 Å². The van der Waals surface area contributed by atoms with E-state index in [9.17, 15) is 24.3 Å². The molecule has 0 spiro atoms. The monoisotopic (exact) mass is 480 g/mol. The SMILES string of the molecule is CC(=O)S[C@@H](Cc1ccccc1)C(=O)NC1Cc2ccccc2[C@@H]2CCCC(C(=O)O)N2C1=O. The molecule has 4 rings (SSSR count). The summed E-state index contributed by atoms with van der Waals surface area (Å²) in [6.45, 7) is 1.42. The number of carboxylic acids is 1. The Hall–Kier alpha value is -3.13. The fraction of sp³-hybridized carbons (Fsp3) is 0.385. The summed E-state index contributed by atoms with van der Waals surface area (Å²) in [7, 11) is 0. The number of benzene rings is 2. The average Bonchev–Trinajstić information content (AvgIpc) is 2.94. The Bertz CT molecular complexity index is 1090. The quantitative estimate of drug-likeness (QED) is 0.659. The molecule has 0 bridgehead atoms. The van der Waals surface area contributed by atoms with Crippen molar-refractivity contribution in [2.75, 3.05) is 0 Å². The molecular weight excluding hydrogens is 452 g/mol. The first kappa shape index (κ1) is 24.0. The van der Waals surface area contributed by atoms with Crippen LogP contribution in [0.15, 0.2) is 54.6 Å². The van der Waals surface area contributed by atoms with Crippen LogP contribution in [0.3, 0.4) is 0 Å². The molecule has 1 saturated heterocycles. The first-order chi connectivity index (χ1) is 16.3. The molecule has 0 aromatic heterocycles. The summed E-state index contributed by atoms with van der Waals surface area (Å²) in [4.78, 5) is 52.4. The molecule has 0 radical (unpaired) electrons. The van der Waals surface area contributed by atoms with E-state index in [4.69, 9.17) is 0 Å². The van der Waals surface area contributed by atoms with Crippen LogP contribution in [0.25, 0.3) is 0 Å². The maximum absolute atomic E-state index is 13.7. The van der Waals surface area contributed by atoms with Gasteiger partial charge in [-0.1, -0.05) is 66.4 Å². The van der Waals surface area contributed by atoms with Crippen molar-refractivity contribution >= 4 is 34.7 Å². The van der Waals surface area contributed by atoms with E-state index >= 15 is 0 Å². The Kier molecular flexibility index (Phi) is 7.36. The van der Waals surface area contributed by atoms with E-state index in [1.165, 1.54) is 11.8 Å². The van der Waals surface area contributed by atoms with Crippen molar-refractivity contribution in [3.8, 4) is 0 Å². The van der Waals surface area contributed by atoms with Gasteiger partial charge in [0.15, 0.2) is 5.12 Å². The minimum Gasteiger partial charge on any atom is -0.480 e. The highest BCUT2D eigenvalue weighted by atomic mass is 32.2. The summed E-state index contributed by atoms with van der Waals surface area (Å²) in [5.41, 5.74) is 2.78. The van der Waals surface area contributed by atoms with Crippen LogP contribution >= 0.6 is 11.8 Å². The number of hydrogen-bond acceptors (Lipinski definition) is 5.